The fourth-order valence-electron chi connectivity index (χ4n) is 2.68. The molecule has 1 saturated carbocycles. The smallest absolute Gasteiger partial charge is 0.223 e. The van der Waals surface area contributed by atoms with Crippen LogP contribution in [0.4, 0.5) is 0 Å². The SMILES string of the molecule is Cc1nc(CN2CCCCC2CNC2CC2)no1. The van der Waals surface area contributed by atoms with E-state index in [9.17, 15) is 0 Å². The lowest BCUT2D eigenvalue weighted by Crippen LogP contribution is -2.45. The number of nitrogens with zero attached hydrogens (tertiary/aromatic N) is 3. The summed E-state index contributed by atoms with van der Waals surface area (Å²) in [5, 5.41) is 7.65. The molecule has 1 aromatic rings. The zero-order valence-electron chi connectivity index (χ0n) is 11.1. The van der Waals surface area contributed by atoms with Gasteiger partial charge in [-0.15, -0.1) is 0 Å². The highest BCUT2D eigenvalue weighted by molar-refractivity contribution is 4.89. The minimum atomic E-state index is 0.637. The highest BCUT2D eigenvalue weighted by Crippen LogP contribution is 2.22. The van der Waals surface area contributed by atoms with E-state index in [0.717, 1.165) is 31.5 Å². The van der Waals surface area contributed by atoms with E-state index in [0.29, 0.717) is 11.9 Å². The summed E-state index contributed by atoms with van der Waals surface area (Å²) in [4.78, 5) is 6.81. The van der Waals surface area contributed by atoms with E-state index in [-0.39, 0.29) is 0 Å². The third-order valence-electron chi connectivity index (χ3n) is 3.88. The maximum Gasteiger partial charge on any atom is 0.223 e. The third kappa shape index (κ3) is 3.09. The topological polar surface area (TPSA) is 54.2 Å². The van der Waals surface area contributed by atoms with Crippen molar-refractivity contribution >= 4 is 0 Å². The van der Waals surface area contributed by atoms with Gasteiger partial charge in [0, 0.05) is 25.6 Å². The van der Waals surface area contributed by atoms with Crippen molar-refractivity contribution in [2.24, 2.45) is 0 Å². The Balaban J connectivity index is 1.56. The number of hydrogen-bond donors (Lipinski definition) is 1. The first kappa shape index (κ1) is 12.1. The Bertz CT molecular complexity index is 388. The van der Waals surface area contributed by atoms with E-state index >= 15 is 0 Å². The molecule has 1 N–H and O–H groups in total. The molecule has 5 nitrogen and oxygen atoms in total. The molecular formula is C13H22N4O. The predicted molar refractivity (Wildman–Crippen MR) is 68.1 cm³/mol. The Hall–Kier alpha value is -0.940. The molecule has 1 saturated heterocycles. The fourth-order valence-corrected chi connectivity index (χ4v) is 2.68. The van der Waals surface area contributed by atoms with Gasteiger partial charge in [-0.3, -0.25) is 4.90 Å². The number of hydrogen-bond acceptors (Lipinski definition) is 5. The number of aryl methyl sites for hydroxylation is 1. The summed E-state index contributed by atoms with van der Waals surface area (Å²) in [6, 6.07) is 1.43. The van der Waals surface area contributed by atoms with E-state index in [1.165, 1.54) is 32.1 Å². The standard InChI is InChI=1S/C13H22N4O/c1-10-15-13(16-18-10)9-17-7-3-2-4-12(17)8-14-11-5-6-11/h11-12,14H,2-9H2,1H3. The first-order valence-corrected chi connectivity index (χ1v) is 7.08. The molecule has 0 radical (unpaired) electrons. The van der Waals surface area contributed by atoms with Crippen molar-refractivity contribution in [3.05, 3.63) is 11.7 Å². The van der Waals surface area contributed by atoms with Gasteiger partial charge < -0.3 is 9.84 Å². The Morgan fingerprint density at radius 1 is 1.33 bits per heavy atom. The second kappa shape index (κ2) is 5.36. The third-order valence-corrected chi connectivity index (χ3v) is 3.88. The second-order valence-corrected chi connectivity index (χ2v) is 5.53. The van der Waals surface area contributed by atoms with Crippen molar-refractivity contribution in [3.8, 4) is 0 Å². The number of likely N-dealkylation sites (tertiary alicyclic amines) is 1. The Kier molecular flexibility index (Phi) is 3.61. The van der Waals surface area contributed by atoms with Gasteiger partial charge in [0.15, 0.2) is 5.82 Å². The lowest BCUT2D eigenvalue weighted by Gasteiger charge is -2.35. The molecule has 1 aromatic heterocycles. The minimum Gasteiger partial charge on any atom is -0.340 e. The number of rotatable bonds is 5. The highest BCUT2D eigenvalue weighted by Gasteiger charge is 2.27. The molecule has 1 unspecified atom stereocenters. The average molecular weight is 250 g/mol. The molecule has 1 aliphatic carbocycles. The molecule has 0 amide bonds. The fraction of sp³-hybridized carbons (Fsp3) is 0.846. The largest absolute Gasteiger partial charge is 0.340 e. The van der Waals surface area contributed by atoms with Crippen LogP contribution in [0.25, 0.3) is 0 Å². The van der Waals surface area contributed by atoms with Crippen molar-refractivity contribution in [3.63, 3.8) is 0 Å². The quantitative estimate of drug-likeness (QED) is 0.858. The number of piperidine rings is 1. The first-order chi connectivity index (χ1) is 8.81. The lowest BCUT2D eigenvalue weighted by molar-refractivity contribution is 0.132. The first-order valence-electron chi connectivity index (χ1n) is 7.08. The van der Waals surface area contributed by atoms with Gasteiger partial charge in [0.05, 0.1) is 6.54 Å². The molecule has 1 atom stereocenters. The molecule has 0 spiro atoms. The summed E-state index contributed by atoms with van der Waals surface area (Å²) in [5.41, 5.74) is 0. The monoisotopic (exact) mass is 250 g/mol. The van der Waals surface area contributed by atoms with Crippen LogP contribution in [0.3, 0.4) is 0 Å². The summed E-state index contributed by atoms with van der Waals surface area (Å²) >= 11 is 0. The van der Waals surface area contributed by atoms with Crippen LogP contribution in [0, 0.1) is 6.92 Å². The summed E-state index contributed by atoms with van der Waals surface area (Å²) in [6.45, 7) is 4.94. The van der Waals surface area contributed by atoms with Crippen LogP contribution in [-0.4, -0.2) is 40.2 Å². The van der Waals surface area contributed by atoms with Crippen LogP contribution in [0.2, 0.25) is 0 Å². The van der Waals surface area contributed by atoms with Gasteiger partial charge in [0.2, 0.25) is 5.89 Å². The summed E-state index contributed by atoms with van der Waals surface area (Å²) < 4.78 is 5.05. The molecule has 100 valence electrons. The van der Waals surface area contributed by atoms with Crippen LogP contribution < -0.4 is 5.32 Å². The van der Waals surface area contributed by atoms with Gasteiger partial charge >= 0.3 is 0 Å². The predicted octanol–water partition coefficient (Wildman–Crippen LogP) is 1.48. The zero-order chi connectivity index (χ0) is 12.4. The number of nitrogens with one attached hydrogen (secondary N) is 1. The van der Waals surface area contributed by atoms with Crippen LogP contribution in [0.1, 0.15) is 43.8 Å². The van der Waals surface area contributed by atoms with Gasteiger partial charge in [-0.05, 0) is 32.2 Å². The lowest BCUT2D eigenvalue weighted by atomic mass is 10.0. The van der Waals surface area contributed by atoms with Crippen LogP contribution in [0.5, 0.6) is 0 Å². The van der Waals surface area contributed by atoms with Crippen LogP contribution in [0.15, 0.2) is 4.52 Å². The zero-order valence-corrected chi connectivity index (χ0v) is 11.1. The summed E-state index contributed by atoms with van der Waals surface area (Å²) in [7, 11) is 0. The molecule has 2 aliphatic rings. The molecule has 18 heavy (non-hydrogen) atoms. The Morgan fingerprint density at radius 2 is 2.22 bits per heavy atom. The summed E-state index contributed by atoms with van der Waals surface area (Å²) in [5.74, 6) is 1.49. The van der Waals surface area contributed by atoms with Crippen LogP contribution >= 0.6 is 0 Å². The van der Waals surface area contributed by atoms with Crippen molar-refractivity contribution in [1.29, 1.82) is 0 Å². The van der Waals surface area contributed by atoms with Gasteiger partial charge in [-0.25, -0.2) is 0 Å². The molecule has 1 aliphatic heterocycles. The van der Waals surface area contributed by atoms with Gasteiger partial charge in [0.1, 0.15) is 0 Å². The molecule has 5 heteroatoms. The molecule has 2 fully saturated rings. The van der Waals surface area contributed by atoms with E-state index in [1.807, 2.05) is 6.92 Å². The van der Waals surface area contributed by atoms with Gasteiger partial charge in [-0.2, -0.15) is 4.98 Å². The van der Waals surface area contributed by atoms with Gasteiger partial charge in [-0.1, -0.05) is 11.6 Å². The van der Waals surface area contributed by atoms with E-state index in [2.05, 4.69) is 20.4 Å². The van der Waals surface area contributed by atoms with Crippen molar-refractivity contribution in [2.75, 3.05) is 13.1 Å². The Morgan fingerprint density at radius 3 is 2.94 bits per heavy atom. The Labute approximate surface area is 108 Å². The van der Waals surface area contributed by atoms with E-state index in [1.54, 1.807) is 0 Å². The summed E-state index contributed by atoms with van der Waals surface area (Å²) in [6.07, 6.45) is 6.64. The van der Waals surface area contributed by atoms with Crippen molar-refractivity contribution in [2.45, 2.75) is 57.7 Å². The molecule has 0 aromatic carbocycles. The van der Waals surface area contributed by atoms with Crippen LogP contribution in [-0.2, 0) is 6.54 Å². The minimum absolute atomic E-state index is 0.637. The highest BCUT2D eigenvalue weighted by atomic mass is 16.5. The maximum absolute atomic E-state index is 5.05. The number of aromatic nitrogens is 2. The maximum atomic E-state index is 5.05. The van der Waals surface area contributed by atoms with E-state index < -0.39 is 0 Å². The second-order valence-electron chi connectivity index (χ2n) is 5.53. The molecule has 0 bridgehead atoms. The average Bonchev–Trinajstić information content (AvgIpc) is 3.12. The van der Waals surface area contributed by atoms with E-state index in [4.69, 9.17) is 4.52 Å². The molecule has 3 rings (SSSR count). The van der Waals surface area contributed by atoms with Crippen molar-refractivity contribution < 1.29 is 4.52 Å². The normalized spacial score (nSPS) is 25.5. The molecule has 2 heterocycles. The van der Waals surface area contributed by atoms with Crippen molar-refractivity contribution in [1.82, 2.24) is 20.4 Å². The molecular weight excluding hydrogens is 228 g/mol. The van der Waals surface area contributed by atoms with Gasteiger partial charge in [0.25, 0.3) is 0 Å².